The molecule has 3 aromatic rings. The Kier molecular flexibility index (Phi) is 14.5. The molecule has 3 aliphatic rings. The number of hydrogen-bond acceptors (Lipinski definition) is 5. The van der Waals surface area contributed by atoms with Gasteiger partial charge in [0, 0.05) is 13.0 Å². The number of fused-ring (bicyclic) bond motifs is 1. The molecule has 0 bridgehead atoms. The zero-order valence-electron chi connectivity index (χ0n) is 27.4. The second-order valence-corrected chi connectivity index (χ2v) is 13.9. The van der Waals surface area contributed by atoms with Gasteiger partial charge in [-0.3, -0.25) is 9.69 Å². The Morgan fingerprint density at radius 1 is 0.956 bits per heavy atom. The maximum Gasteiger partial charge on any atom is 0.321 e. The van der Waals surface area contributed by atoms with Crippen LogP contribution in [0.2, 0.25) is 0 Å². The van der Waals surface area contributed by atoms with Crippen LogP contribution in [0.15, 0.2) is 91.6 Å². The monoisotopic (exact) mass is 627 g/mol. The summed E-state index contributed by atoms with van der Waals surface area (Å²) in [6.07, 6.45) is 20.3. The number of thiazole rings is 1. The van der Waals surface area contributed by atoms with Crippen LogP contribution in [-0.2, 0) is 11.2 Å². The van der Waals surface area contributed by atoms with Gasteiger partial charge in [0.15, 0.2) is 0 Å². The zero-order chi connectivity index (χ0) is 31.9. The summed E-state index contributed by atoms with van der Waals surface area (Å²) in [7, 11) is 2.22. The molecular formula is C39H53N3O2S. The van der Waals surface area contributed by atoms with Gasteiger partial charge in [-0.2, -0.15) is 0 Å². The van der Waals surface area contributed by atoms with Gasteiger partial charge in [0.1, 0.15) is 6.04 Å². The van der Waals surface area contributed by atoms with Crippen molar-refractivity contribution < 1.29 is 9.90 Å². The fourth-order valence-corrected chi connectivity index (χ4v) is 8.00. The number of carboxylic acid groups (broad SMARTS) is 1. The van der Waals surface area contributed by atoms with Crippen LogP contribution >= 0.6 is 11.3 Å². The average Bonchev–Trinajstić information content (AvgIpc) is 3.71. The fraction of sp³-hybridized carbons (Fsp3) is 0.487. The standard InChI is InChI=1S/C18H25NO2.C14H18N2S.C7H10/c20-18(21)17(15-9-5-2-6-10-15)19-12-11-16(13-19)14-7-3-1-4-8-14;1-16-8-6-11(7-9-16)10-14-15-12-4-2-3-5-13(12)17-14;1-3-5-7-6-4-2/h1,3-4,7-8,15-17H,2,5-6,9-13H2,(H,20,21);2-5,11H,6-10H2,1H3;3-7H,1H2,2H3/b;;6-4-,7-5-/t16-,17-;;/m1../s1. The van der Waals surface area contributed by atoms with E-state index in [1.807, 2.05) is 48.6 Å². The summed E-state index contributed by atoms with van der Waals surface area (Å²) in [6, 6.07) is 18.7. The van der Waals surface area contributed by atoms with Crippen LogP contribution in [0.4, 0.5) is 0 Å². The third-order valence-electron chi connectivity index (χ3n) is 9.42. The summed E-state index contributed by atoms with van der Waals surface area (Å²) in [5.74, 6) is 1.07. The van der Waals surface area contributed by atoms with Gasteiger partial charge in [0.25, 0.3) is 0 Å². The minimum Gasteiger partial charge on any atom is -0.480 e. The Labute approximate surface area is 275 Å². The molecule has 2 aliphatic heterocycles. The van der Waals surface area contributed by atoms with Crippen molar-refractivity contribution in [1.29, 1.82) is 0 Å². The van der Waals surface area contributed by atoms with Gasteiger partial charge >= 0.3 is 5.97 Å². The van der Waals surface area contributed by atoms with Crippen LogP contribution in [-0.4, -0.2) is 65.1 Å². The molecule has 6 heteroatoms. The molecule has 5 nitrogen and oxygen atoms in total. The molecule has 1 aliphatic carbocycles. The summed E-state index contributed by atoms with van der Waals surface area (Å²) in [6.45, 7) is 9.81. The fourth-order valence-electron chi connectivity index (χ4n) is 6.92. The Bertz CT molecular complexity index is 1320. The molecule has 2 atom stereocenters. The highest BCUT2D eigenvalue weighted by Gasteiger charge is 2.38. The molecule has 1 aromatic heterocycles. The van der Waals surface area contributed by atoms with Gasteiger partial charge in [-0.15, -0.1) is 11.3 Å². The molecule has 0 spiro atoms. The van der Waals surface area contributed by atoms with Crippen LogP contribution in [0.5, 0.6) is 0 Å². The third-order valence-corrected chi connectivity index (χ3v) is 10.5. The minimum absolute atomic E-state index is 0.265. The maximum absolute atomic E-state index is 11.8. The van der Waals surface area contributed by atoms with Crippen molar-refractivity contribution in [3.05, 3.63) is 102 Å². The quantitative estimate of drug-likeness (QED) is 0.253. The van der Waals surface area contributed by atoms with Gasteiger partial charge in [-0.05, 0) is 101 Å². The van der Waals surface area contributed by atoms with Crippen molar-refractivity contribution >= 4 is 27.5 Å². The molecule has 6 rings (SSSR count). The predicted molar refractivity (Wildman–Crippen MR) is 191 cm³/mol. The number of aliphatic carboxylic acids is 1. The Morgan fingerprint density at radius 2 is 1.67 bits per heavy atom. The number of likely N-dealkylation sites (tertiary alicyclic amines) is 2. The second-order valence-electron chi connectivity index (χ2n) is 12.7. The zero-order valence-corrected chi connectivity index (χ0v) is 28.2. The Morgan fingerprint density at radius 3 is 2.33 bits per heavy atom. The van der Waals surface area contributed by atoms with Crippen molar-refractivity contribution in [3.63, 3.8) is 0 Å². The molecule has 2 aromatic carbocycles. The molecule has 0 radical (unpaired) electrons. The number of aromatic nitrogens is 1. The van der Waals surface area contributed by atoms with E-state index in [1.165, 1.54) is 72.4 Å². The Hall–Kier alpha value is -3.06. The van der Waals surface area contributed by atoms with E-state index in [1.54, 1.807) is 6.08 Å². The minimum atomic E-state index is -0.615. The van der Waals surface area contributed by atoms with Crippen molar-refractivity contribution in [2.75, 3.05) is 33.2 Å². The maximum atomic E-state index is 11.8. The number of hydrogen-bond donors (Lipinski definition) is 1. The summed E-state index contributed by atoms with van der Waals surface area (Å²) in [5.41, 5.74) is 2.52. The number of rotatable bonds is 8. The first-order chi connectivity index (χ1) is 22.0. The van der Waals surface area contributed by atoms with Crippen molar-refractivity contribution in [1.82, 2.24) is 14.8 Å². The van der Waals surface area contributed by atoms with E-state index in [0.29, 0.717) is 11.8 Å². The number of piperidine rings is 1. The van der Waals surface area contributed by atoms with E-state index in [0.717, 1.165) is 38.3 Å². The molecule has 0 unspecified atom stereocenters. The second kappa shape index (κ2) is 18.8. The van der Waals surface area contributed by atoms with Crippen molar-refractivity contribution in [3.8, 4) is 0 Å². The molecule has 3 fully saturated rings. The van der Waals surface area contributed by atoms with Gasteiger partial charge in [-0.1, -0.05) is 98.7 Å². The van der Waals surface area contributed by atoms with Crippen LogP contribution in [0, 0.1) is 11.8 Å². The lowest BCUT2D eigenvalue weighted by Gasteiger charge is -2.33. The van der Waals surface area contributed by atoms with E-state index < -0.39 is 5.97 Å². The van der Waals surface area contributed by atoms with Gasteiger partial charge < -0.3 is 10.0 Å². The number of allylic oxidation sites excluding steroid dienone is 5. The molecule has 242 valence electrons. The molecular weight excluding hydrogens is 575 g/mol. The van der Waals surface area contributed by atoms with Crippen LogP contribution in [0.25, 0.3) is 10.2 Å². The van der Waals surface area contributed by atoms with Crippen LogP contribution in [0.1, 0.15) is 74.8 Å². The van der Waals surface area contributed by atoms with Crippen molar-refractivity contribution in [2.45, 2.75) is 76.7 Å². The predicted octanol–water partition coefficient (Wildman–Crippen LogP) is 8.99. The molecule has 3 heterocycles. The lowest BCUT2D eigenvalue weighted by Crippen LogP contribution is -2.45. The summed E-state index contributed by atoms with van der Waals surface area (Å²) >= 11 is 1.87. The number of carboxylic acids is 1. The van der Waals surface area contributed by atoms with E-state index >= 15 is 0 Å². The lowest BCUT2D eigenvalue weighted by atomic mass is 9.83. The SMILES string of the molecule is C=C/C=C\C=C/C.CN1CCC(Cc2nc3ccccc3s2)CC1.O=C(O)[C@@H](C1CCCCC1)N1CC[C@@H](c2ccccc2)C1. The first-order valence-electron chi connectivity index (χ1n) is 16.9. The molecule has 1 saturated carbocycles. The van der Waals surface area contributed by atoms with Gasteiger partial charge in [0.05, 0.1) is 15.2 Å². The van der Waals surface area contributed by atoms with Gasteiger partial charge in [-0.25, -0.2) is 4.98 Å². The molecule has 2 saturated heterocycles. The largest absolute Gasteiger partial charge is 0.480 e. The van der Waals surface area contributed by atoms with E-state index in [4.69, 9.17) is 4.98 Å². The summed E-state index contributed by atoms with van der Waals surface area (Å²) < 4.78 is 1.33. The average molecular weight is 628 g/mol. The number of nitrogens with zero attached hydrogens (tertiary/aromatic N) is 3. The van der Waals surface area contributed by atoms with Crippen LogP contribution in [0.3, 0.4) is 0 Å². The van der Waals surface area contributed by atoms with Gasteiger partial charge in [0.2, 0.25) is 0 Å². The topological polar surface area (TPSA) is 56.7 Å². The molecule has 0 amide bonds. The highest BCUT2D eigenvalue weighted by molar-refractivity contribution is 7.18. The first kappa shape index (κ1) is 34.8. The normalized spacial score (nSPS) is 20.9. The molecule has 1 N–H and O–H groups in total. The number of carbonyl (C=O) groups is 1. The number of para-hydroxylation sites is 1. The highest BCUT2D eigenvalue weighted by atomic mass is 32.1. The third kappa shape index (κ3) is 11.1. The van der Waals surface area contributed by atoms with Crippen LogP contribution < -0.4 is 0 Å². The van der Waals surface area contributed by atoms with Crippen molar-refractivity contribution in [2.24, 2.45) is 11.8 Å². The summed E-state index contributed by atoms with van der Waals surface area (Å²) in [4.78, 5) is 21.2. The Balaban J connectivity index is 0.000000172. The van der Waals surface area contributed by atoms with E-state index in [9.17, 15) is 9.90 Å². The number of benzene rings is 2. The first-order valence-corrected chi connectivity index (χ1v) is 17.7. The highest BCUT2D eigenvalue weighted by Crippen LogP contribution is 2.34. The van der Waals surface area contributed by atoms with E-state index in [-0.39, 0.29) is 6.04 Å². The van der Waals surface area contributed by atoms with E-state index in [2.05, 4.69) is 72.0 Å². The molecule has 45 heavy (non-hydrogen) atoms. The summed E-state index contributed by atoms with van der Waals surface area (Å²) in [5, 5.41) is 11.0. The lowest BCUT2D eigenvalue weighted by molar-refractivity contribution is -0.145. The smallest absolute Gasteiger partial charge is 0.321 e.